The second-order valence-corrected chi connectivity index (χ2v) is 10.9. The highest BCUT2D eigenvalue weighted by Crippen LogP contribution is 2.51. The highest BCUT2D eigenvalue weighted by Gasteiger charge is 2.31. The van der Waals surface area contributed by atoms with Crippen LogP contribution in [0.3, 0.4) is 0 Å². The molecule has 0 atom stereocenters. The molecular formula is C36H20N4S. The molecule has 5 aromatic rings. The third kappa shape index (κ3) is 4.84. The van der Waals surface area contributed by atoms with Crippen molar-refractivity contribution in [3.05, 3.63) is 165 Å². The molecule has 5 heteroatoms. The third-order valence-electron chi connectivity index (χ3n) is 7.28. The van der Waals surface area contributed by atoms with Crippen molar-refractivity contribution in [2.24, 2.45) is 0 Å². The van der Waals surface area contributed by atoms with Gasteiger partial charge >= 0.3 is 0 Å². The van der Waals surface area contributed by atoms with Gasteiger partial charge in [0.1, 0.15) is 0 Å². The predicted molar refractivity (Wildman–Crippen MR) is 161 cm³/mol. The molecule has 4 nitrogen and oxygen atoms in total. The molecule has 1 aliphatic heterocycles. The topological polar surface area (TPSA) is 56.3 Å². The van der Waals surface area contributed by atoms with Gasteiger partial charge in [-0.25, -0.2) is 9.69 Å². The lowest BCUT2D eigenvalue weighted by Gasteiger charge is -2.31. The highest BCUT2D eigenvalue weighted by molar-refractivity contribution is 7.99. The average molecular weight is 541 g/mol. The summed E-state index contributed by atoms with van der Waals surface area (Å²) in [4.78, 5) is 9.61. The van der Waals surface area contributed by atoms with Crippen molar-refractivity contribution >= 4 is 23.1 Å². The molecule has 6 rings (SSSR count). The molecule has 0 amide bonds. The van der Waals surface area contributed by atoms with Gasteiger partial charge in [0.2, 0.25) is 0 Å². The van der Waals surface area contributed by atoms with Gasteiger partial charge in [-0.1, -0.05) is 78.0 Å². The summed E-state index contributed by atoms with van der Waals surface area (Å²) in [6, 6.07) is 38.1. The summed E-state index contributed by atoms with van der Waals surface area (Å²) in [6.07, 6.45) is 0.517. The fraction of sp³-hybridized carbons (Fsp3) is 0.0556. The van der Waals surface area contributed by atoms with E-state index in [9.17, 15) is 10.5 Å². The summed E-state index contributed by atoms with van der Waals surface area (Å²) in [5.74, 6) is -0.100. The van der Waals surface area contributed by atoms with Gasteiger partial charge in [-0.15, -0.1) is 0 Å². The first kappa shape index (κ1) is 25.7. The zero-order valence-electron chi connectivity index (χ0n) is 21.8. The lowest BCUT2D eigenvalue weighted by atomic mass is 9.77. The van der Waals surface area contributed by atoms with Crippen LogP contribution in [0, 0.1) is 35.8 Å². The minimum absolute atomic E-state index is 0.100. The van der Waals surface area contributed by atoms with Gasteiger partial charge in [0.25, 0.3) is 0 Å². The second-order valence-electron chi connectivity index (χ2n) is 9.77. The van der Waals surface area contributed by atoms with E-state index in [1.807, 2.05) is 30.3 Å². The van der Waals surface area contributed by atoms with Crippen LogP contribution in [0.15, 0.2) is 113 Å². The molecule has 1 aliphatic rings. The molecule has 0 saturated heterocycles. The van der Waals surface area contributed by atoms with Crippen molar-refractivity contribution in [2.75, 3.05) is 0 Å². The number of hydrogen-bond donors (Lipinski definition) is 0. The molecule has 0 spiro atoms. The monoisotopic (exact) mass is 540 g/mol. The molecule has 1 heterocycles. The van der Waals surface area contributed by atoms with Crippen molar-refractivity contribution in [3.63, 3.8) is 0 Å². The van der Waals surface area contributed by atoms with E-state index in [-0.39, 0.29) is 5.92 Å². The number of rotatable bonds is 4. The van der Waals surface area contributed by atoms with Crippen LogP contribution >= 0.6 is 11.8 Å². The zero-order valence-corrected chi connectivity index (χ0v) is 22.6. The first-order chi connectivity index (χ1) is 20.1. The molecule has 190 valence electrons. The van der Waals surface area contributed by atoms with Gasteiger partial charge in [0, 0.05) is 26.8 Å². The lowest BCUT2D eigenvalue weighted by molar-refractivity contribution is 0.886. The number of nitrogens with zero attached hydrogens (tertiary/aromatic N) is 4. The molecule has 0 unspecified atom stereocenters. The molecular weight excluding hydrogens is 520 g/mol. The van der Waals surface area contributed by atoms with Crippen molar-refractivity contribution in [1.29, 1.82) is 10.5 Å². The van der Waals surface area contributed by atoms with Crippen molar-refractivity contribution in [3.8, 4) is 23.3 Å². The minimum Gasteiger partial charge on any atom is -0.238 e. The Bertz CT molecular complexity index is 1900. The largest absolute Gasteiger partial charge is 0.238 e. The van der Waals surface area contributed by atoms with Crippen LogP contribution in [0.5, 0.6) is 0 Å². The van der Waals surface area contributed by atoms with Crippen LogP contribution in [0.4, 0.5) is 11.4 Å². The summed E-state index contributed by atoms with van der Waals surface area (Å²) < 4.78 is 0. The predicted octanol–water partition coefficient (Wildman–Crippen LogP) is 9.43. The molecule has 0 bridgehead atoms. The molecule has 0 radical (unpaired) electrons. The van der Waals surface area contributed by atoms with Crippen LogP contribution in [0.2, 0.25) is 0 Å². The lowest BCUT2D eigenvalue weighted by Crippen LogP contribution is -2.14. The second kappa shape index (κ2) is 10.9. The summed E-state index contributed by atoms with van der Waals surface area (Å²) >= 11 is 1.76. The van der Waals surface area contributed by atoms with Crippen molar-refractivity contribution in [2.45, 2.75) is 22.1 Å². The summed E-state index contributed by atoms with van der Waals surface area (Å²) in [5.41, 5.74) is 8.93. The molecule has 0 aromatic heterocycles. The Labute approximate surface area is 243 Å². The molecule has 5 aromatic carbocycles. The minimum atomic E-state index is -0.100. The van der Waals surface area contributed by atoms with E-state index in [1.165, 1.54) is 20.9 Å². The van der Waals surface area contributed by atoms with Crippen LogP contribution in [0.25, 0.3) is 20.8 Å². The molecule has 41 heavy (non-hydrogen) atoms. The standard InChI is InChI=1S/C36H20N4S/c1-39-28-17-23(14-24(18-28)21-37)15-26-8-7-11-30(27-16-25(22-38)19-29(20-27)40-2)35(26)36-31-9-3-5-12-33(31)41-34-13-6-4-10-32(34)36/h3-14,16-20,36H,15H2. The Morgan fingerprint density at radius 2 is 1.29 bits per heavy atom. The molecule has 0 fully saturated rings. The molecule has 0 aliphatic carbocycles. The maximum atomic E-state index is 9.75. The number of fused-ring (bicyclic) bond motifs is 2. The maximum absolute atomic E-state index is 9.75. The summed E-state index contributed by atoms with van der Waals surface area (Å²) in [5, 5.41) is 19.4. The SMILES string of the molecule is [C-]#[N+]c1cc(C#N)cc(Cc2cccc(-c3cc(C#N)cc([N+]#[C-])c3)c2C2c3ccccc3Sc3ccccc32)c1. The van der Waals surface area contributed by atoms with Gasteiger partial charge in [-0.05, 0) is 82.3 Å². The number of nitriles is 2. The third-order valence-corrected chi connectivity index (χ3v) is 8.47. The number of hydrogen-bond acceptors (Lipinski definition) is 3. The number of benzene rings is 5. The quantitative estimate of drug-likeness (QED) is 0.209. The fourth-order valence-corrected chi connectivity index (χ4v) is 6.74. The van der Waals surface area contributed by atoms with Crippen LogP contribution < -0.4 is 0 Å². The Balaban J connectivity index is 1.66. The highest BCUT2D eigenvalue weighted by atomic mass is 32.2. The van der Waals surface area contributed by atoms with E-state index in [4.69, 9.17) is 13.1 Å². The Morgan fingerprint density at radius 1 is 0.683 bits per heavy atom. The first-order valence-electron chi connectivity index (χ1n) is 12.9. The van der Waals surface area contributed by atoms with Crippen molar-refractivity contribution in [1.82, 2.24) is 0 Å². The maximum Gasteiger partial charge on any atom is 0.189 e. The normalized spacial score (nSPS) is 11.7. The first-order valence-corrected chi connectivity index (χ1v) is 13.8. The van der Waals surface area contributed by atoms with Gasteiger partial charge in [0.05, 0.1) is 25.3 Å². The Kier molecular flexibility index (Phi) is 6.81. The van der Waals surface area contributed by atoms with E-state index in [1.54, 1.807) is 23.9 Å². The Hall–Kier alpha value is -5.59. The van der Waals surface area contributed by atoms with Crippen LogP contribution in [0.1, 0.15) is 44.9 Å². The Morgan fingerprint density at radius 3 is 1.93 bits per heavy atom. The van der Waals surface area contributed by atoms with E-state index < -0.39 is 0 Å². The van der Waals surface area contributed by atoms with Crippen LogP contribution in [-0.2, 0) is 6.42 Å². The van der Waals surface area contributed by atoms with Gasteiger partial charge in [-0.3, -0.25) is 0 Å². The smallest absolute Gasteiger partial charge is 0.189 e. The van der Waals surface area contributed by atoms with Gasteiger partial charge in [0.15, 0.2) is 11.4 Å². The van der Waals surface area contributed by atoms with Gasteiger partial charge < -0.3 is 0 Å². The van der Waals surface area contributed by atoms with Gasteiger partial charge in [-0.2, -0.15) is 10.5 Å². The average Bonchev–Trinajstić information content (AvgIpc) is 3.03. The van der Waals surface area contributed by atoms with E-state index in [0.717, 1.165) is 27.8 Å². The zero-order chi connectivity index (χ0) is 28.3. The summed E-state index contributed by atoms with van der Waals surface area (Å²) in [6.45, 7) is 15.2. The van der Waals surface area contributed by atoms with Crippen molar-refractivity contribution < 1.29 is 0 Å². The fourth-order valence-electron chi connectivity index (χ4n) is 5.60. The molecule has 0 N–H and O–H groups in total. The van der Waals surface area contributed by atoms with Crippen LogP contribution in [-0.4, -0.2) is 0 Å². The van der Waals surface area contributed by atoms with E-state index in [2.05, 4.69) is 82.5 Å². The molecule has 0 saturated carbocycles. The van der Waals surface area contributed by atoms with E-state index >= 15 is 0 Å². The summed E-state index contributed by atoms with van der Waals surface area (Å²) in [7, 11) is 0. The van der Waals surface area contributed by atoms with E-state index in [0.29, 0.717) is 28.9 Å².